The quantitative estimate of drug-likeness (QED) is 0.404. The first-order valence-electron chi connectivity index (χ1n) is 13.0. The fourth-order valence-electron chi connectivity index (χ4n) is 4.91. The fourth-order valence-corrected chi connectivity index (χ4v) is 5.03. The number of hydrogen-bond acceptors (Lipinski definition) is 3. The lowest BCUT2D eigenvalue weighted by Gasteiger charge is -2.35. The number of carbonyl (C=O) groups is 2. The molecule has 1 heterocycles. The third kappa shape index (κ3) is 6.53. The molecule has 0 aromatic heterocycles. The molecule has 1 saturated heterocycles. The van der Waals surface area contributed by atoms with E-state index in [1.165, 1.54) is 5.56 Å². The number of halogens is 1. The minimum atomic E-state index is -0.569. The number of anilines is 1. The van der Waals surface area contributed by atoms with Crippen molar-refractivity contribution in [2.75, 3.05) is 32.1 Å². The molecule has 1 aliphatic heterocycles. The molecule has 0 aliphatic carbocycles. The molecular formula is C31H36ClN3O2. The molecule has 37 heavy (non-hydrogen) atoms. The van der Waals surface area contributed by atoms with Gasteiger partial charge in [-0.15, -0.1) is 0 Å². The Labute approximate surface area is 225 Å². The molecule has 5 nitrogen and oxygen atoms in total. The Hall–Kier alpha value is -3.31. The molecule has 0 spiro atoms. The summed E-state index contributed by atoms with van der Waals surface area (Å²) >= 11 is 6.03. The zero-order valence-electron chi connectivity index (χ0n) is 22.1. The van der Waals surface area contributed by atoms with Gasteiger partial charge >= 0.3 is 0 Å². The van der Waals surface area contributed by atoms with Crippen LogP contribution in [0.5, 0.6) is 0 Å². The standard InChI is InChI=1S/C31H36ClN3O2/c1-21(2)29(31(37)35-17-15-23(16-18-35)22-11-13-27(32)14-12-22)33-30(36)26-9-5-7-24(19-26)25-8-6-10-28(20-25)34(3)4/h5-14,19-21,23,29H,15-18H2,1-4H3,(H,33,36)/t29-/m1/s1. The van der Waals surface area contributed by atoms with Gasteiger partial charge in [0.05, 0.1) is 0 Å². The van der Waals surface area contributed by atoms with Crippen LogP contribution in [0, 0.1) is 5.92 Å². The summed E-state index contributed by atoms with van der Waals surface area (Å²) in [5.74, 6) is 0.161. The maximum Gasteiger partial charge on any atom is 0.251 e. The van der Waals surface area contributed by atoms with E-state index in [9.17, 15) is 9.59 Å². The molecule has 4 rings (SSSR count). The van der Waals surface area contributed by atoms with Gasteiger partial charge in [-0.2, -0.15) is 0 Å². The molecule has 194 valence electrons. The van der Waals surface area contributed by atoms with Gasteiger partial charge in [0.25, 0.3) is 5.91 Å². The van der Waals surface area contributed by atoms with Gasteiger partial charge in [-0.25, -0.2) is 0 Å². The number of piperidine rings is 1. The molecule has 0 unspecified atom stereocenters. The molecule has 2 amide bonds. The van der Waals surface area contributed by atoms with Crippen LogP contribution in [-0.2, 0) is 4.79 Å². The van der Waals surface area contributed by atoms with Crippen molar-refractivity contribution in [1.82, 2.24) is 10.2 Å². The van der Waals surface area contributed by atoms with Crippen LogP contribution in [0.15, 0.2) is 72.8 Å². The Morgan fingerprint density at radius 1 is 0.919 bits per heavy atom. The number of benzene rings is 3. The highest BCUT2D eigenvalue weighted by atomic mass is 35.5. The second kappa shape index (κ2) is 11.8. The summed E-state index contributed by atoms with van der Waals surface area (Å²) in [6, 6.07) is 23.2. The Bertz CT molecular complexity index is 1230. The zero-order chi connectivity index (χ0) is 26.5. The second-order valence-electron chi connectivity index (χ2n) is 10.4. The van der Waals surface area contributed by atoms with Crippen LogP contribution in [0.4, 0.5) is 5.69 Å². The van der Waals surface area contributed by atoms with Gasteiger partial charge in [0.15, 0.2) is 0 Å². The highest BCUT2D eigenvalue weighted by molar-refractivity contribution is 6.30. The number of nitrogens with zero attached hydrogens (tertiary/aromatic N) is 2. The summed E-state index contributed by atoms with van der Waals surface area (Å²) < 4.78 is 0. The van der Waals surface area contributed by atoms with Crippen molar-refractivity contribution in [1.29, 1.82) is 0 Å². The summed E-state index contributed by atoms with van der Waals surface area (Å²) in [5, 5.41) is 3.77. The Morgan fingerprint density at radius 2 is 1.54 bits per heavy atom. The van der Waals surface area contributed by atoms with Crippen LogP contribution < -0.4 is 10.2 Å². The van der Waals surface area contributed by atoms with Gasteiger partial charge in [0, 0.05) is 43.5 Å². The predicted molar refractivity (Wildman–Crippen MR) is 152 cm³/mol. The summed E-state index contributed by atoms with van der Waals surface area (Å²) in [7, 11) is 4.01. The van der Waals surface area contributed by atoms with Gasteiger partial charge in [-0.05, 0) is 77.8 Å². The average molecular weight is 518 g/mol. The highest BCUT2D eigenvalue weighted by Gasteiger charge is 2.31. The normalized spacial score (nSPS) is 14.9. The molecule has 6 heteroatoms. The van der Waals surface area contributed by atoms with Crippen LogP contribution in [0.2, 0.25) is 5.02 Å². The molecule has 3 aromatic carbocycles. The smallest absolute Gasteiger partial charge is 0.251 e. The van der Waals surface area contributed by atoms with E-state index in [0.717, 1.165) is 34.7 Å². The number of nitrogens with one attached hydrogen (secondary N) is 1. The lowest BCUT2D eigenvalue weighted by Crippen LogP contribution is -2.52. The van der Waals surface area contributed by atoms with E-state index in [4.69, 9.17) is 11.6 Å². The summed E-state index contributed by atoms with van der Waals surface area (Å²) in [6.45, 7) is 5.32. The number of carbonyl (C=O) groups excluding carboxylic acids is 2. The topological polar surface area (TPSA) is 52.7 Å². The van der Waals surface area contributed by atoms with E-state index in [2.05, 4.69) is 34.5 Å². The van der Waals surface area contributed by atoms with Crippen LogP contribution in [0.1, 0.15) is 48.5 Å². The number of amides is 2. The van der Waals surface area contributed by atoms with Gasteiger partial charge in [-0.3, -0.25) is 9.59 Å². The van der Waals surface area contributed by atoms with E-state index in [0.29, 0.717) is 24.6 Å². The molecule has 1 atom stereocenters. The second-order valence-corrected chi connectivity index (χ2v) is 10.8. The third-order valence-corrected chi connectivity index (χ3v) is 7.44. The molecule has 1 N–H and O–H groups in total. The Balaban J connectivity index is 1.43. The lowest BCUT2D eigenvalue weighted by atomic mass is 9.89. The minimum absolute atomic E-state index is 0.00672. The van der Waals surface area contributed by atoms with Crippen LogP contribution in [0.3, 0.4) is 0 Å². The third-order valence-electron chi connectivity index (χ3n) is 7.19. The summed E-state index contributed by atoms with van der Waals surface area (Å²) in [5.41, 5.74) is 4.92. The van der Waals surface area contributed by atoms with Crippen LogP contribution >= 0.6 is 11.6 Å². The van der Waals surface area contributed by atoms with Crippen molar-refractivity contribution in [3.8, 4) is 11.1 Å². The molecule has 0 bridgehead atoms. The zero-order valence-corrected chi connectivity index (χ0v) is 22.8. The van der Waals surface area contributed by atoms with Gasteiger partial charge in [-0.1, -0.05) is 61.8 Å². The molecule has 0 radical (unpaired) electrons. The first-order chi connectivity index (χ1) is 17.7. The molecule has 0 saturated carbocycles. The summed E-state index contributed by atoms with van der Waals surface area (Å²) in [6.07, 6.45) is 1.81. The summed E-state index contributed by atoms with van der Waals surface area (Å²) in [4.78, 5) is 30.7. The van der Waals surface area contributed by atoms with Crippen molar-refractivity contribution < 1.29 is 9.59 Å². The minimum Gasteiger partial charge on any atom is -0.378 e. The fraction of sp³-hybridized carbons (Fsp3) is 0.355. The average Bonchev–Trinajstić information content (AvgIpc) is 2.91. The van der Waals surface area contributed by atoms with E-state index in [1.807, 2.05) is 75.3 Å². The van der Waals surface area contributed by atoms with E-state index in [1.54, 1.807) is 6.07 Å². The Morgan fingerprint density at radius 3 is 2.16 bits per heavy atom. The van der Waals surface area contributed by atoms with Crippen LogP contribution in [0.25, 0.3) is 11.1 Å². The number of hydrogen-bond donors (Lipinski definition) is 1. The van der Waals surface area contributed by atoms with Crippen LogP contribution in [-0.4, -0.2) is 49.9 Å². The molecule has 3 aromatic rings. The Kier molecular flexibility index (Phi) is 8.55. The molecular weight excluding hydrogens is 482 g/mol. The van der Waals surface area contributed by atoms with Crippen molar-refractivity contribution in [2.24, 2.45) is 5.92 Å². The van der Waals surface area contributed by atoms with Crippen molar-refractivity contribution in [2.45, 2.75) is 38.6 Å². The number of likely N-dealkylation sites (tertiary alicyclic amines) is 1. The molecule has 1 aliphatic rings. The van der Waals surface area contributed by atoms with Crippen molar-refractivity contribution in [3.63, 3.8) is 0 Å². The van der Waals surface area contributed by atoms with E-state index in [-0.39, 0.29) is 17.7 Å². The van der Waals surface area contributed by atoms with E-state index < -0.39 is 6.04 Å². The maximum absolute atomic E-state index is 13.5. The van der Waals surface area contributed by atoms with E-state index >= 15 is 0 Å². The van der Waals surface area contributed by atoms with Crippen molar-refractivity contribution in [3.05, 3.63) is 88.9 Å². The van der Waals surface area contributed by atoms with Gasteiger partial charge in [0.1, 0.15) is 6.04 Å². The first kappa shape index (κ1) is 26.7. The maximum atomic E-state index is 13.5. The lowest BCUT2D eigenvalue weighted by molar-refractivity contribution is -0.135. The first-order valence-corrected chi connectivity index (χ1v) is 13.3. The molecule has 1 fully saturated rings. The van der Waals surface area contributed by atoms with Gasteiger partial charge < -0.3 is 15.1 Å². The highest BCUT2D eigenvalue weighted by Crippen LogP contribution is 2.30. The SMILES string of the molecule is CC(C)[C@@H](NC(=O)c1cccc(-c2cccc(N(C)C)c2)c1)C(=O)N1CCC(c2ccc(Cl)cc2)CC1. The van der Waals surface area contributed by atoms with Crippen molar-refractivity contribution >= 4 is 29.1 Å². The van der Waals surface area contributed by atoms with Gasteiger partial charge in [0.2, 0.25) is 5.91 Å². The largest absolute Gasteiger partial charge is 0.378 e. The monoisotopic (exact) mass is 517 g/mol. The number of rotatable bonds is 7. The predicted octanol–water partition coefficient (Wildman–Crippen LogP) is 6.23.